The lowest BCUT2D eigenvalue weighted by atomic mass is 10.0. The van der Waals surface area contributed by atoms with Gasteiger partial charge in [-0.05, 0) is 43.0 Å². The Bertz CT molecular complexity index is 908. The lowest BCUT2D eigenvalue weighted by Gasteiger charge is -2.41. The van der Waals surface area contributed by atoms with Crippen molar-refractivity contribution in [3.05, 3.63) is 72.6 Å². The number of pyridine rings is 1. The van der Waals surface area contributed by atoms with Crippen LogP contribution in [0.4, 0.5) is 5.69 Å². The first kappa shape index (κ1) is 20.1. The monoisotopic (exact) mass is 404 g/mol. The molecule has 2 aromatic rings. The molecule has 1 aromatic heterocycles. The van der Waals surface area contributed by atoms with Gasteiger partial charge in [0.2, 0.25) is 5.91 Å². The van der Waals surface area contributed by atoms with Crippen LogP contribution in [0.15, 0.2) is 61.3 Å². The average molecular weight is 405 g/mol. The van der Waals surface area contributed by atoms with Crippen molar-refractivity contribution in [3.63, 3.8) is 0 Å². The van der Waals surface area contributed by atoms with Crippen molar-refractivity contribution < 1.29 is 9.59 Å². The highest BCUT2D eigenvalue weighted by molar-refractivity contribution is 5.93. The van der Waals surface area contributed by atoms with E-state index in [1.165, 1.54) is 18.9 Å². The number of anilines is 1. The lowest BCUT2D eigenvalue weighted by molar-refractivity contribution is -0.130. The summed E-state index contributed by atoms with van der Waals surface area (Å²) in [5.74, 6) is -0.156. The van der Waals surface area contributed by atoms with Crippen LogP contribution in [0.3, 0.4) is 0 Å². The van der Waals surface area contributed by atoms with Crippen LogP contribution in [-0.2, 0) is 11.2 Å². The molecule has 156 valence electrons. The lowest BCUT2D eigenvalue weighted by Crippen LogP contribution is -2.57. The number of nitrogens with zero attached hydrogens (tertiary/aromatic N) is 4. The average Bonchev–Trinajstić information content (AvgIpc) is 3.34. The van der Waals surface area contributed by atoms with Gasteiger partial charge in [0.25, 0.3) is 5.91 Å². The molecular formula is C24H28N4O2. The van der Waals surface area contributed by atoms with Gasteiger partial charge in [0.1, 0.15) is 5.69 Å². The van der Waals surface area contributed by atoms with Crippen LogP contribution in [-0.4, -0.2) is 65.4 Å². The minimum absolute atomic E-state index is 0.0696. The maximum Gasteiger partial charge on any atom is 0.272 e. The zero-order valence-electron chi connectivity index (χ0n) is 17.2. The van der Waals surface area contributed by atoms with E-state index in [-0.39, 0.29) is 17.9 Å². The topological polar surface area (TPSA) is 56.8 Å². The van der Waals surface area contributed by atoms with E-state index in [1.807, 2.05) is 40.1 Å². The zero-order chi connectivity index (χ0) is 20.9. The molecule has 2 fully saturated rings. The Hall–Kier alpha value is -3.15. The SMILES string of the molecule is C=CC(=O)N1CCN(C(=O)c2cc(N3CCCC3)ccn2)C[C@@H]1Cc1ccccc1. The summed E-state index contributed by atoms with van der Waals surface area (Å²) in [4.78, 5) is 35.9. The highest BCUT2D eigenvalue weighted by Gasteiger charge is 2.32. The highest BCUT2D eigenvalue weighted by atomic mass is 16.2. The number of rotatable bonds is 5. The molecule has 2 saturated heterocycles. The molecule has 2 aliphatic rings. The Morgan fingerprint density at radius 2 is 1.83 bits per heavy atom. The Balaban J connectivity index is 1.51. The molecule has 0 N–H and O–H groups in total. The molecule has 1 atom stereocenters. The quantitative estimate of drug-likeness (QED) is 0.719. The third kappa shape index (κ3) is 4.37. The van der Waals surface area contributed by atoms with Crippen molar-refractivity contribution in [1.82, 2.24) is 14.8 Å². The summed E-state index contributed by atoms with van der Waals surface area (Å²) < 4.78 is 0. The molecule has 0 bridgehead atoms. The number of hydrogen-bond acceptors (Lipinski definition) is 4. The van der Waals surface area contributed by atoms with E-state index < -0.39 is 0 Å². The molecule has 6 heteroatoms. The second-order valence-corrected chi connectivity index (χ2v) is 7.92. The van der Waals surface area contributed by atoms with E-state index in [2.05, 4.69) is 28.6 Å². The molecule has 0 unspecified atom stereocenters. The van der Waals surface area contributed by atoms with E-state index in [9.17, 15) is 9.59 Å². The predicted molar refractivity (Wildman–Crippen MR) is 117 cm³/mol. The van der Waals surface area contributed by atoms with Gasteiger partial charge in [-0.1, -0.05) is 36.9 Å². The Morgan fingerprint density at radius 3 is 2.57 bits per heavy atom. The molecule has 0 aliphatic carbocycles. The first-order chi connectivity index (χ1) is 14.7. The van der Waals surface area contributed by atoms with Crippen molar-refractivity contribution in [2.24, 2.45) is 0 Å². The molecule has 2 aliphatic heterocycles. The number of carbonyl (C=O) groups is 2. The standard InChI is InChI=1S/C24H28N4O2/c1-2-23(29)28-15-14-27(18-21(28)16-19-8-4-3-5-9-19)24(30)22-17-20(10-11-25-22)26-12-6-7-13-26/h2-5,8-11,17,21H,1,6-7,12-16,18H2/t21-/m0/s1. The van der Waals surface area contributed by atoms with Gasteiger partial charge in [-0.15, -0.1) is 0 Å². The van der Waals surface area contributed by atoms with Gasteiger partial charge < -0.3 is 14.7 Å². The maximum absolute atomic E-state index is 13.2. The number of benzene rings is 1. The largest absolute Gasteiger partial charge is 0.371 e. The van der Waals surface area contributed by atoms with Crippen molar-refractivity contribution in [2.45, 2.75) is 25.3 Å². The van der Waals surface area contributed by atoms with Crippen molar-refractivity contribution in [2.75, 3.05) is 37.6 Å². The number of hydrogen-bond donors (Lipinski definition) is 0. The Kier molecular flexibility index (Phi) is 6.12. The van der Waals surface area contributed by atoms with Crippen LogP contribution >= 0.6 is 0 Å². The molecule has 0 radical (unpaired) electrons. The summed E-state index contributed by atoms with van der Waals surface area (Å²) in [5, 5.41) is 0. The maximum atomic E-state index is 13.2. The van der Waals surface area contributed by atoms with Crippen LogP contribution in [0.2, 0.25) is 0 Å². The third-order valence-electron chi connectivity index (χ3n) is 5.98. The molecule has 0 saturated carbocycles. The van der Waals surface area contributed by atoms with Crippen molar-refractivity contribution in [1.29, 1.82) is 0 Å². The number of carbonyl (C=O) groups excluding carboxylic acids is 2. The van der Waals surface area contributed by atoms with Gasteiger partial charge in [0.15, 0.2) is 0 Å². The van der Waals surface area contributed by atoms with Crippen LogP contribution in [0.1, 0.15) is 28.9 Å². The molecule has 3 heterocycles. The fourth-order valence-electron chi connectivity index (χ4n) is 4.38. The normalized spacial score (nSPS) is 19.1. The fraction of sp³-hybridized carbons (Fsp3) is 0.375. The van der Waals surface area contributed by atoms with Gasteiger partial charge in [-0.2, -0.15) is 0 Å². The Morgan fingerprint density at radius 1 is 1.07 bits per heavy atom. The van der Waals surface area contributed by atoms with Crippen LogP contribution < -0.4 is 4.90 Å². The van der Waals surface area contributed by atoms with Crippen LogP contribution in [0.5, 0.6) is 0 Å². The van der Waals surface area contributed by atoms with Crippen LogP contribution in [0.25, 0.3) is 0 Å². The summed E-state index contributed by atoms with van der Waals surface area (Å²) in [7, 11) is 0. The second-order valence-electron chi connectivity index (χ2n) is 7.92. The van der Waals surface area contributed by atoms with Gasteiger partial charge in [-0.25, -0.2) is 0 Å². The highest BCUT2D eigenvalue weighted by Crippen LogP contribution is 2.22. The van der Waals surface area contributed by atoms with E-state index in [0.717, 1.165) is 24.3 Å². The van der Waals surface area contributed by atoms with Crippen molar-refractivity contribution in [3.8, 4) is 0 Å². The predicted octanol–water partition coefficient (Wildman–Crippen LogP) is 2.76. The van der Waals surface area contributed by atoms with Crippen LogP contribution in [0, 0.1) is 0 Å². The minimum Gasteiger partial charge on any atom is -0.371 e. The molecule has 0 spiro atoms. The molecular weight excluding hydrogens is 376 g/mol. The summed E-state index contributed by atoms with van der Waals surface area (Å²) in [6.07, 6.45) is 6.15. The zero-order valence-corrected chi connectivity index (χ0v) is 17.2. The molecule has 1 aromatic carbocycles. The summed E-state index contributed by atoms with van der Waals surface area (Å²) in [6.45, 7) is 7.18. The van der Waals surface area contributed by atoms with Gasteiger partial charge >= 0.3 is 0 Å². The van der Waals surface area contributed by atoms with E-state index in [4.69, 9.17) is 0 Å². The van der Waals surface area contributed by atoms with E-state index >= 15 is 0 Å². The molecule has 6 nitrogen and oxygen atoms in total. The summed E-state index contributed by atoms with van der Waals surface area (Å²) >= 11 is 0. The van der Waals surface area contributed by atoms with Gasteiger partial charge in [-0.3, -0.25) is 14.6 Å². The number of amides is 2. The first-order valence-corrected chi connectivity index (χ1v) is 10.6. The van der Waals surface area contributed by atoms with E-state index in [1.54, 1.807) is 6.20 Å². The summed E-state index contributed by atoms with van der Waals surface area (Å²) in [6, 6.07) is 13.9. The Labute approximate surface area is 177 Å². The molecule has 30 heavy (non-hydrogen) atoms. The third-order valence-corrected chi connectivity index (χ3v) is 5.98. The minimum atomic E-state index is -0.0859. The fourth-order valence-corrected chi connectivity index (χ4v) is 4.38. The van der Waals surface area contributed by atoms with Crippen molar-refractivity contribution >= 4 is 17.5 Å². The number of aromatic nitrogens is 1. The molecule has 4 rings (SSSR count). The van der Waals surface area contributed by atoms with Gasteiger partial charge in [0, 0.05) is 44.6 Å². The second kappa shape index (κ2) is 9.11. The number of piperazine rings is 1. The summed E-state index contributed by atoms with van der Waals surface area (Å²) in [5.41, 5.74) is 2.68. The molecule has 2 amide bonds. The first-order valence-electron chi connectivity index (χ1n) is 10.6. The van der Waals surface area contributed by atoms with Gasteiger partial charge in [0.05, 0.1) is 6.04 Å². The van der Waals surface area contributed by atoms with E-state index in [0.29, 0.717) is 31.7 Å². The smallest absolute Gasteiger partial charge is 0.272 e.